The molecule has 0 amide bonds. The van der Waals surface area contributed by atoms with E-state index in [1.165, 1.54) is 0 Å². The van der Waals surface area contributed by atoms with Gasteiger partial charge in [0, 0.05) is 18.0 Å². The first kappa shape index (κ1) is 12.7. The molecule has 5 heteroatoms. The van der Waals surface area contributed by atoms with E-state index < -0.39 is 0 Å². The maximum absolute atomic E-state index is 11.5. The minimum absolute atomic E-state index is 0.189. The van der Waals surface area contributed by atoms with Crippen LogP contribution in [0.1, 0.15) is 5.56 Å². The highest BCUT2D eigenvalue weighted by molar-refractivity contribution is 9.10. The molecule has 94 valence electrons. The molecule has 4 nitrogen and oxygen atoms in total. The fourth-order valence-electron chi connectivity index (χ4n) is 1.74. The van der Waals surface area contributed by atoms with Gasteiger partial charge in [-0.2, -0.15) is 0 Å². The molecule has 18 heavy (non-hydrogen) atoms. The minimum atomic E-state index is -0.189. The van der Waals surface area contributed by atoms with Gasteiger partial charge < -0.3 is 15.0 Å². The van der Waals surface area contributed by atoms with Gasteiger partial charge in [0.1, 0.15) is 5.75 Å². The summed E-state index contributed by atoms with van der Waals surface area (Å²) in [4.78, 5) is 11.5. The molecule has 2 aromatic rings. The second-order valence-corrected chi connectivity index (χ2v) is 4.73. The summed E-state index contributed by atoms with van der Waals surface area (Å²) >= 11 is 3.20. The first-order valence-electron chi connectivity index (χ1n) is 5.39. The van der Waals surface area contributed by atoms with E-state index in [4.69, 9.17) is 10.5 Å². The van der Waals surface area contributed by atoms with E-state index in [0.29, 0.717) is 11.0 Å². The molecule has 0 atom stereocenters. The highest BCUT2D eigenvalue weighted by Crippen LogP contribution is 2.19. The van der Waals surface area contributed by atoms with Crippen molar-refractivity contribution >= 4 is 21.6 Å². The van der Waals surface area contributed by atoms with Crippen LogP contribution in [0.2, 0.25) is 0 Å². The molecule has 0 radical (unpaired) electrons. The molecule has 2 N–H and O–H groups in total. The zero-order chi connectivity index (χ0) is 13.1. The number of methoxy groups -OCH3 is 1. The lowest BCUT2D eigenvalue weighted by molar-refractivity contribution is 0.408. The summed E-state index contributed by atoms with van der Waals surface area (Å²) in [7, 11) is 1.63. The van der Waals surface area contributed by atoms with E-state index in [9.17, 15) is 4.79 Å². The van der Waals surface area contributed by atoms with Crippen LogP contribution in [0.25, 0.3) is 0 Å². The summed E-state index contributed by atoms with van der Waals surface area (Å²) in [5, 5.41) is 0. The Hall–Kier alpha value is -1.75. The Bertz CT molecular complexity index is 596. The molecule has 0 aliphatic rings. The molecule has 1 heterocycles. The van der Waals surface area contributed by atoms with Gasteiger partial charge in [0.15, 0.2) is 0 Å². The largest absolute Gasteiger partial charge is 0.496 e. The number of hydrogen-bond donors (Lipinski definition) is 1. The van der Waals surface area contributed by atoms with Crippen LogP contribution in [0.15, 0.2) is 45.9 Å². The zero-order valence-electron chi connectivity index (χ0n) is 9.89. The zero-order valence-corrected chi connectivity index (χ0v) is 11.5. The smallest absolute Gasteiger partial charge is 0.218 e. The number of nitrogen functional groups attached to an aromatic ring is 1. The number of ether oxygens (including phenoxy) is 1. The lowest BCUT2D eigenvalue weighted by Gasteiger charge is -2.11. The molecule has 0 aliphatic carbocycles. The number of nitrogens with zero attached hydrogens (tertiary/aromatic N) is 1. The summed E-state index contributed by atoms with van der Waals surface area (Å²) in [6, 6.07) is 7.73. The van der Waals surface area contributed by atoms with Crippen molar-refractivity contribution in [2.45, 2.75) is 6.54 Å². The maximum Gasteiger partial charge on any atom is 0.218 e. The van der Waals surface area contributed by atoms with Gasteiger partial charge in [-0.1, -0.05) is 18.2 Å². The average Bonchev–Trinajstić information content (AvgIpc) is 2.36. The molecule has 0 aliphatic heterocycles. The fourth-order valence-corrected chi connectivity index (χ4v) is 2.23. The minimum Gasteiger partial charge on any atom is -0.496 e. The molecular weight excluding hydrogens is 296 g/mol. The number of halogens is 1. The van der Waals surface area contributed by atoms with Crippen molar-refractivity contribution in [1.82, 2.24) is 4.57 Å². The van der Waals surface area contributed by atoms with Crippen LogP contribution in [-0.2, 0) is 6.54 Å². The predicted molar refractivity (Wildman–Crippen MR) is 74.9 cm³/mol. The molecule has 2 rings (SSSR count). The predicted octanol–water partition coefficient (Wildman–Crippen LogP) is 2.25. The Morgan fingerprint density at radius 1 is 1.33 bits per heavy atom. The normalized spacial score (nSPS) is 10.3. The van der Waals surface area contributed by atoms with Crippen molar-refractivity contribution in [2.24, 2.45) is 0 Å². The second kappa shape index (κ2) is 5.27. The number of pyridine rings is 1. The van der Waals surface area contributed by atoms with Crippen LogP contribution < -0.4 is 15.9 Å². The Kier molecular flexibility index (Phi) is 3.72. The van der Waals surface area contributed by atoms with Gasteiger partial charge in [-0.15, -0.1) is 0 Å². The second-order valence-electron chi connectivity index (χ2n) is 3.87. The van der Waals surface area contributed by atoms with Crippen LogP contribution in [0.5, 0.6) is 5.75 Å². The third-order valence-electron chi connectivity index (χ3n) is 2.61. The highest BCUT2D eigenvalue weighted by atomic mass is 79.9. The first-order valence-corrected chi connectivity index (χ1v) is 6.18. The van der Waals surface area contributed by atoms with E-state index in [1.807, 2.05) is 28.8 Å². The van der Waals surface area contributed by atoms with Crippen molar-refractivity contribution in [3.05, 3.63) is 56.9 Å². The van der Waals surface area contributed by atoms with Crippen LogP contribution in [-0.4, -0.2) is 11.7 Å². The third-order valence-corrected chi connectivity index (χ3v) is 3.17. The van der Waals surface area contributed by atoms with E-state index >= 15 is 0 Å². The van der Waals surface area contributed by atoms with E-state index in [-0.39, 0.29) is 11.1 Å². The van der Waals surface area contributed by atoms with E-state index in [0.717, 1.165) is 11.3 Å². The number of para-hydroxylation sites is 1. The first-order chi connectivity index (χ1) is 8.61. The molecule has 0 bridgehead atoms. The maximum atomic E-state index is 11.5. The monoisotopic (exact) mass is 308 g/mol. The van der Waals surface area contributed by atoms with Gasteiger partial charge in [-0.3, -0.25) is 4.79 Å². The van der Waals surface area contributed by atoms with Crippen LogP contribution in [0.3, 0.4) is 0 Å². The average molecular weight is 309 g/mol. The number of benzene rings is 1. The Morgan fingerprint density at radius 2 is 2.06 bits per heavy atom. The number of rotatable bonds is 3. The summed E-state index contributed by atoms with van der Waals surface area (Å²) in [6.45, 7) is 0.590. The number of anilines is 1. The van der Waals surface area contributed by atoms with Gasteiger partial charge in [-0.25, -0.2) is 0 Å². The van der Waals surface area contributed by atoms with Crippen molar-refractivity contribution in [3.8, 4) is 5.75 Å². The summed E-state index contributed by atoms with van der Waals surface area (Å²) in [6.07, 6.45) is 3.34. The van der Waals surface area contributed by atoms with Gasteiger partial charge in [-0.05, 0) is 22.0 Å². The lowest BCUT2D eigenvalue weighted by Crippen LogP contribution is -2.13. The van der Waals surface area contributed by atoms with Crippen molar-refractivity contribution in [2.75, 3.05) is 12.8 Å². The standard InChI is InChI=1S/C13H13BrN2O2/c1-18-12-5-3-2-4-9(12)6-16-7-10(14)13(17)11(15)8-16/h2-5,7-8H,6,15H2,1H3. The van der Waals surface area contributed by atoms with Crippen LogP contribution in [0.4, 0.5) is 5.69 Å². The molecule has 0 saturated heterocycles. The number of aromatic nitrogens is 1. The Morgan fingerprint density at radius 3 is 2.72 bits per heavy atom. The van der Waals surface area contributed by atoms with Crippen molar-refractivity contribution in [3.63, 3.8) is 0 Å². The molecule has 0 spiro atoms. The van der Waals surface area contributed by atoms with Crippen molar-refractivity contribution < 1.29 is 4.74 Å². The third kappa shape index (κ3) is 2.56. The van der Waals surface area contributed by atoms with Gasteiger partial charge in [0.25, 0.3) is 0 Å². The van der Waals surface area contributed by atoms with Crippen molar-refractivity contribution in [1.29, 1.82) is 0 Å². The quantitative estimate of drug-likeness (QED) is 0.946. The van der Waals surface area contributed by atoms with Crippen LogP contribution in [0, 0.1) is 0 Å². The molecule has 0 unspecified atom stereocenters. The SMILES string of the molecule is COc1ccccc1Cn1cc(N)c(=O)c(Br)c1. The Labute approximate surface area is 113 Å². The molecule has 1 aromatic carbocycles. The number of nitrogens with two attached hydrogens (primary N) is 1. The van der Waals surface area contributed by atoms with Gasteiger partial charge in [0.2, 0.25) is 5.43 Å². The summed E-state index contributed by atoms with van der Waals surface area (Å²) < 4.78 is 7.59. The molecular formula is C13H13BrN2O2. The topological polar surface area (TPSA) is 57.2 Å². The fraction of sp³-hybridized carbons (Fsp3) is 0.154. The highest BCUT2D eigenvalue weighted by Gasteiger charge is 2.05. The van der Waals surface area contributed by atoms with E-state index in [1.54, 1.807) is 19.5 Å². The molecule has 1 aromatic heterocycles. The molecule has 0 saturated carbocycles. The summed E-state index contributed by atoms with van der Waals surface area (Å²) in [5.41, 5.74) is 6.71. The Balaban J connectivity index is 2.37. The molecule has 0 fully saturated rings. The number of hydrogen-bond acceptors (Lipinski definition) is 3. The van der Waals surface area contributed by atoms with Gasteiger partial charge in [0.05, 0.1) is 23.8 Å². The lowest BCUT2D eigenvalue weighted by atomic mass is 10.2. The van der Waals surface area contributed by atoms with Crippen LogP contribution >= 0.6 is 15.9 Å². The van der Waals surface area contributed by atoms with E-state index in [2.05, 4.69) is 15.9 Å². The van der Waals surface area contributed by atoms with Gasteiger partial charge >= 0.3 is 0 Å². The summed E-state index contributed by atoms with van der Waals surface area (Å²) in [5.74, 6) is 0.811.